The third-order valence-corrected chi connectivity index (χ3v) is 1.84. The van der Waals surface area contributed by atoms with Crippen LogP contribution in [0.25, 0.3) is 0 Å². The molecular weight excluding hydrogens is 192 g/mol. The van der Waals surface area contributed by atoms with E-state index in [-0.39, 0.29) is 31.9 Å². The zero-order valence-electron chi connectivity index (χ0n) is 9.91. The Labute approximate surface area is 92.8 Å². The van der Waals surface area contributed by atoms with Gasteiger partial charge in [-0.25, -0.2) is 0 Å². The van der Waals surface area contributed by atoms with Crippen LogP contribution in [-0.4, -0.2) is 35.3 Å². The van der Waals surface area contributed by atoms with Gasteiger partial charge in [0.1, 0.15) is 6.54 Å². The van der Waals surface area contributed by atoms with Crippen molar-refractivity contribution in [3.63, 3.8) is 0 Å². The van der Waals surface area contributed by atoms with Gasteiger partial charge in [-0.2, -0.15) is 0 Å². The summed E-state index contributed by atoms with van der Waals surface area (Å²) in [6, 6.07) is 0.0822. The lowest BCUT2D eigenvalue weighted by Crippen LogP contribution is -2.45. The van der Waals surface area contributed by atoms with Gasteiger partial charge < -0.3 is 10.2 Å². The van der Waals surface area contributed by atoms with E-state index in [1.165, 1.54) is 11.0 Å². The van der Waals surface area contributed by atoms with E-state index in [1.807, 2.05) is 27.7 Å². The quantitative estimate of drug-likeness (QED) is 0.699. The fraction of sp³-hybridized carbons (Fsp3) is 0.636. The molecule has 0 aliphatic heterocycles. The molecule has 0 aliphatic rings. The molecule has 15 heavy (non-hydrogen) atoms. The molecule has 0 fully saturated rings. The maximum Gasteiger partial charge on any atom is 0.246 e. The van der Waals surface area contributed by atoms with E-state index >= 15 is 0 Å². The molecule has 0 aromatic carbocycles. The molecule has 0 saturated heterocycles. The predicted octanol–water partition coefficient (Wildman–Crippen LogP) is 1.18. The third kappa shape index (κ3) is 5.20. The van der Waals surface area contributed by atoms with Gasteiger partial charge in [-0.15, -0.1) is 0 Å². The van der Waals surface area contributed by atoms with Crippen LogP contribution < -0.4 is 5.32 Å². The Morgan fingerprint density at radius 1 is 1.40 bits per heavy atom. The molecular formula is C11H22N2O2. The highest BCUT2D eigenvalue weighted by Crippen LogP contribution is 1.99. The lowest BCUT2D eigenvalue weighted by molar-refractivity contribution is -0.134. The van der Waals surface area contributed by atoms with E-state index in [1.54, 1.807) is 0 Å². The number of hydrogen-bond donors (Lipinski definition) is 1. The molecule has 2 amide bonds. The van der Waals surface area contributed by atoms with Crippen LogP contribution in [0.15, 0.2) is 12.7 Å². The van der Waals surface area contributed by atoms with Crippen LogP contribution in [0.4, 0.5) is 0 Å². The third-order valence-electron chi connectivity index (χ3n) is 1.84. The second-order valence-corrected chi connectivity index (χ2v) is 3.99. The predicted molar refractivity (Wildman–Crippen MR) is 62.4 cm³/mol. The fourth-order valence-corrected chi connectivity index (χ4v) is 1.15. The fourth-order valence-electron chi connectivity index (χ4n) is 1.15. The number of nitrogens with one attached hydrogen (secondary N) is 1. The van der Waals surface area contributed by atoms with Crippen LogP contribution in [0.2, 0.25) is 0 Å². The summed E-state index contributed by atoms with van der Waals surface area (Å²) in [5, 5.41) is 2.74. The molecule has 0 bridgehead atoms. The molecule has 0 heterocycles. The molecule has 0 radical (unpaired) electrons. The molecule has 0 aromatic rings. The van der Waals surface area contributed by atoms with Crippen molar-refractivity contribution in [3.8, 4) is 0 Å². The zero-order valence-corrected chi connectivity index (χ0v) is 9.91. The summed E-state index contributed by atoms with van der Waals surface area (Å²) in [6.07, 6.45) is 1.22. The van der Waals surface area contributed by atoms with Crippen molar-refractivity contribution in [2.45, 2.75) is 39.8 Å². The van der Waals surface area contributed by atoms with Crippen LogP contribution in [0.5, 0.6) is 0 Å². The van der Waals surface area contributed by atoms with Crippen molar-refractivity contribution in [2.75, 3.05) is 6.54 Å². The zero-order chi connectivity index (χ0) is 12.0. The summed E-state index contributed by atoms with van der Waals surface area (Å²) < 4.78 is 0. The van der Waals surface area contributed by atoms with Gasteiger partial charge in [-0.3, -0.25) is 9.59 Å². The first kappa shape index (κ1) is 13.7. The van der Waals surface area contributed by atoms with Crippen molar-refractivity contribution < 1.29 is 11.0 Å². The topological polar surface area (TPSA) is 49.4 Å². The van der Waals surface area contributed by atoms with Crippen LogP contribution in [0.1, 0.15) is 29.1 Å². The lowest BCUT2D eigenvalue weighted by atomic mass is 10.3. The number of carbonyl (C=O) groups is 2. The van der Waals surface area contributed by atoms with Crippen molar-refractivity contribution >= 4 is 11.8 Å². The van der Waals surface area contributed by atoms with Gasteiger partial charge in [0.25, 0.3) is 0 Å². The van der Waals surface area contributed by atoms with Gasteiger partial charge in [0, 0.05) is 13.5 Å². The molecule has 0 rings (SSSR count). The highest BCUT2D eigenvalue weighted by Gasteiger charge is 2.17. The van der Waals surface area contributed by atoms with Crippen LogP contribution in [0, 0.1) is 0 Å². The Balaban J connectivity index is 0. The van der Waals surface area contributed by atoms with Gasteiger partial charge in [-0.1, -0.05) is 6.58 Å². The molecule has 0 aliphatic carbocycles. The summed E-state index contributed by atoms with van der Waals surface area (Å²) in [5.74, 6) is -0.363. The average Bonchev–Trinajstić information content (AvgIpc) is 2.11. The van der Waals surface area contributed by atoms with E-state index in [4.69, 9.17) is 0 Å². The number of rotatable bonds is 5. The smallest absolute Gasteiger partial charge is 0.246 e. The number of nitrogens with zero attached hydrogens (tertiary/aromatic N) is 1. The van der Waals surface area contributed by atoms with Crippen LogP contribution >= 0.6 is 0 Å². The second kappa shape index (κ2) is 6.22. The second-order valence-electron chi connectivity index (χ2n) is 3.99. The van der Waals surface area contributed by atoms with Crippen molar-refractivity contribution in [3.05, 3.63) is 12.7 Å². The highest BCUT2D eigenvalue weighted by atomic mass is 16.2. The minimum atomic E-state index is -0.219. The van der Waals surface area contributed by atoms with Crippen LogP contribution in [0.3, 0.4) is 0 Å². The summed E-state index contributed by atoms with van der Waals surface area (Å²) in [4.78, 5) is 24.3. The first-order valence-corrected chi connectivity index (χ1v) is 5.10. The average molecular weight is 214 g/mol. The van der Waals surface area contributed by atoms with Crippen LogP contribution in [-0.2, 0) is 9.59 Å². The molecule has 0 aromatic heterocycles. The van der Waals surface area contributed by atoms with Crippen molar-refractivity contribution in [1.82, 2.24) is 10.2 Å². The molecule has 0 unspecified atom stereocenters. The van der Waals surface area contributed by atoms with Gasteiger partial charge in [0.05, 0.1) is 0 Å². The Bertz CT molecular complexity index is 252. The Hall–Kier alpha value is -1.32. The minimum Gasteiger partial charge on any atom is -0.352 e. The standard InChI is InChI=1S/C11H20N2O2.H2/c1-6-11(15)13(9(4)5)7-10(14)12-8(2)3;/h6,8-9H,1,7H2,2-5H3,(H,12,14);1H. The minimum absolute atomic E-state index is 0. The van der Waals surface area contributed by atoms with Crippen molar-refractivity contribution in [2.24, 2.45) is 0 Å². The Morgan fingerprint density at radius 2 is 1.93 bits per heavy atom. The number of carbonyl (C=O) groups excluding carboxylic acids is 2. The monoisotopic (exact) mass is 214 g/mol. The first-order valence-electron chi connectivity index (χ1n) is 5.10. The lowest BCUT2D eigenvalue weighted by Gasteiger charge is -2.25. The molecule has 4 heteroatoms. The molecule has 88 valence electrons. The number of hydrogen-bond acceptors (Lipinski definition) is 2. The van der Waals surface area contributed by atoms with E-state index in [2.05, 4.69) is 11.9 Å². The molecule has 0 saturated carbocycles. The molecule has 1 N–H and O–H groups in total. The molecule has 0 spiro atoms. The van der Waals surface area contributed by atoms with Gasteiger partial charge >= 0.3 is 0 Å². The highest BCUT2D eigenvalue weighted by molar-refractivity contribution is 5.91. The summed E-state index contributed by atoms with van der Waals surface area (Å²) in [6.45, 7) is 11.0. The van der Waals surface area contributed by atoms with Gasteiger partial charge in [0.2, 0.25) is 11.8 Å². The van der Waals surface area contributed by atoms with E-state index in [9.17, 15) is 9.59 Å². The Kier molecular flexibility index (Phi) is 5.67. The summed E-state index contributed by atoms with van der Waals surface area (Å²) >= 11 is 0. The Morgan fingerprint density at radius 3 is 2.27 bits per heavy atom. The van der Waals surface area contributed by atoms with Gasteiger partial charge in [0.15, 0.2) is 0 Å². The van der Waals surface area contributed by atoms with E-state index in [0.717, 1.165) is 0 Å². The van der Waals surface area contributed by atoms with Crippen molar-refractivity contribution in [1.29, 1.82) is 0 Å². The van der Waals surface area contributed by atoms with E-state index < -0.39 is 0 Å². The largest absolute Gasteiger partial charge is 0.352 e. The molecule has 0 atom stereocenters. The van der Waals surface area contributed by atoms with Gasteiger partial charge in [-0.05, 0) is 33.8 Å². The maximum absolute atomic E-state index is 11.4. The summed E-state index contributed by atoms with van der Waals surface area (Å²) in [7, 11) is 0. The summed E-state index contributed by atoms with van der Waals surface area (Å²) in [5.41, 5.74) is 0. The maximum atomic E-state index is 11.4. The normalized spacial score (nSPS) is 10.3. The first-order chi connectivity index (χ1) is 6.88. The van der Waals surface area contributed by atoms with E-state index in [0.29, 0.717) is 0 Å². The molecule has 4 nitrogen and oxygen atoms in total. The SMILES string of the molecule is C=CC(=O)N(CC(=O)NC(C)C)C(C)C.[HH]. The number of amides is 2.